The van der Waals surface area contributed by atoms with Crippen LogP contribution < -0.4 is 10.1 Å². The Bertz CT molecular complexity index is 939. The Morgan fingerprint density at radius 1 is 1.18 bits per heavy atom. The summed E-state index contributed by atoms with van der Waals surface area (Å²) in [7, 11) is -1.40. The van der Waals surface area contributed by atoms with Crippen molar-refractivity contribution in [1.82, 2.24) is 4.31 Å². The Morgan fingerprint density at radius 3 is 2.54 bits per heavy atom. The van der Waals surface area contributed by atoms with Gasteiger partial charge >= 0.3 is 5.97 Å². The number of amides is 1. The number of esters is 1. The van der Waals surface area contributed by atoms with E-state index in [9.17, 15) is 18.0 Å². The highest BCUT2D eigenvalue weighted by Gasteiger charge is 2.31. The van der Waals surface area contributed by atoms with Crippen LogP contribution >= 0.6 is 11.3 Å². The molecule has 10 heteroatoms. The fourth-order valence-corrected chi connectivity index (χ4v) is 5.31. The second-order valence-electron chi connectivity index (χ2n) is 5.69. The number of para-hydroxylation sites is 2. The summed E-state index contributed by atoms with van der Waals surface area (Å²) in [6, 6.07) is 8.17. The monoisotopic (exact) mass is 426 g/mol. The highest BCUT2D eigenvalue weighted by atomic mass is 32.2. The van der Waals surface area contributed by atoms with E-state index in [2.05, 4.69) is 10.1 Å². The van der Waals surface area contributed by atoms with Crippen LogP contribution in [0.4, 0.5) is 5.69 Å². The number of carbonyl (C=O) groups is 2. The van der Waals surface area contributed by atoms with E-state index < -0.39 is 28.4 Å². The fraction of sp³-hybridized carbons (Fsp3) is 0.333. The minimum absolute atomic E-state index is 0.0197. The zero-order valence-corrected chi connectivity index (χ0v) is 17.4. The molecule has 0 atom stereocenters. The zero-order valence-electron chi connectivity index (χ0n) is 15.8. The maximum atomic E-state index is 13.1. The predicted molar refractivity (Wildman–Crippen MR) is 106 cm³/mol. The molecule has 1 amide bonds. The molecule has 1 aromatic heterocycles. The lowest BCUT2D eigenvalue weighted by atomic mass is 10.3. The number of rotatable bonds is 9. The van der Waals surface area contributed by atoms with Crippen molar-refractivity contribution in [1.29, 1.82) is 0 Å². The van der Waals surface area contributed by atoms with Crippen LogP contribution in [0, 0.1) is 0 Å². The van der Waals surface area contributed by atoms with E-state index in [4.69, 9.17) is 4.74 Å². The fourth-order valence-electron chi connectivity index (χ4n) is 2.51. The van der Waals surface area contributed by atoms with Crippen LogP contribution in [0.3, 0.4) is 0 Å². The van der Waals surface area contributed by atoms with Gasteiger partial charge in [-0.1, -0.05) is 19.1 Å². The summed E-state index contributed by atoms with van der Waals surface area (Å²) in [6.07, 6.45) is 0.499. The molecule has 0 unspecified atom stereocenters. The van der Waals surface area contributed by atoms with Crippen LogP contribution in [0.1, 0.15) is 23.0 Å². The molecule has 0 aliphatic heterocycles. The van der Waals surface area contributed by atoms with Gasteiger partial charge in [0.2, 0.25) is 15.9 Å². The smallest absolute Gasteiger partial charge is 0.349 e. The Balaban J connectivity index is 2.26. The lowest BCUT2D eigenvalue weighted by Gasteiger charge is -2.21. The lowest BCUT2D eigenvalue weighted by molar-refractivity contribution is -0.116. The van der Waals surface area contributed by atoms with E-state index >= 15 is 0 Å². The number of nitrogens with zero attached hydrogens (tertiary/aromatic N) is 1. The van der Waals surface area contributed by atoms with E-state index in [0.29, 0.717) is 17.9 Å². The lowest BCUT2D eigenvalue weighted by Crippen LogP contribution is -2.38. The molecule has 0 aliphatic rings. The molecule has 0 bridgehead atoms. The van der Waals surface area contributed by atoms with E-state index in [0.717, 1.165) is 15.6 Å². The zero-order chi connectivity index (χ0) is 20.7. The van der Waals surface area contributed by atoms with Crippen molar-refractivity contribution in [2.75, 3.05) is 32.6 Å². The van der Waals surface area contributed by atoms with Crippen LogP contribution in [0.15, 0.2) is 40.6 Å². The van der Waals surface area contributed by atoms with E-state index in [1.54, 1.807) is 31.2 Å². The average Bonchev–Trinajstić information content (AvgIpc) is 3.18. The third kappa shape index (κ3) is 4.89. The maximum absolute atomic E-state index is 13.1. The number of anilines is 1. The first-order valence-corrected chi connectivity index (χ1v) is 10.8. The van der Waals surface area contributed by atoms with E-state index in [1.165, 1.54) is 25.7 Å². The SMILES string of the molecule is CCCN(CC(=O)Nc1ccccc1OC)S(=O)(=O)c1ccsc1C(=O)OC. The van der Waals surface area contributed by atoms with Crippen LogP contribution in [-0.4, -0.2) is 51.9 Å². The van der Waals surface area contributed by atoms with Gasteiger partial charge in [0, 0.05) is 6.54 Å². The van der Waals surface area contributed by atoms with E-state index in [1.807, 2.05) is 0 Å². The molecule has 1 N–H and O–H groups in total. The third-order valence-electron chi connectivity index (χ3n) is 3.79. The van der Waals surface area contributed by atoms with Crippen molar-refractivity contribution in [3.63, 3.8) is 0 Å². The van der Waals surface area contributed by atoms with Crippen molar-refractivity contribution >= 4 is 38.9 Å². The molecule has 2 aromatic rings. The highest BCUT2D eigenvalue weighted by Crippen LogP contribution is 2.27. The quantitative estimate of drug-likeness (QED) is 0.619. The highest BCUT2D eigenvalue weighted by molar-refractivity contribution is 7.89. The molecule has 0 saturated heterocycles. The number of sulfonamides is 1. The van der Waals surface area contributed by atoms with Gasteiger partial charge in [-0.15, -0.1) is 11.3 Å². The number of ether oxygens (including phenoxy) is 2. The Kier molecular flexibility index (Phi) is 7.55. The van der Waals surface area contributed by atoms with Gasteiger partial charge in [0.25, 0.3) is 0 Å². The van der Waals surface area contributed by atoms with Gasteiger partial charge in [-0.2, -0.15) is 4.31 Å². The third-order valence-corrected chi connectivity index (χ3v) is 6.70. The molecule has 0 aliphatic carbocycles. The van der Waals surface area contributed by atoms with Gasteiger partial charge in [-0.25, -0.2) is 13.2 Å². The molecule has 1 heterocycles. The molecule has 0 saturated carbocycles. The predicted octanol–water partition coefficient (Wildman–Crippen LogP) is 2.58. The van der Waals surface area contributed by atoms with Crippen molar-refractivity contribution in [2.24, 2.45) is 0 Å². The van der Waals surface area contributed by atoms with Crippen LogP contribution in [0.2, 0.25) is 0 Å². The van der Waals surface area contributed by atoms with Gasteiger partial charge in [0.1, 0.15) is 15.5 Å². The summed E-state index contributed by atoms with van der Waals surface area (Å²) < 4.78 is 37.0. The number of carbonyl (C=O) groups excluding carboxylic acids is 2. The largest absolute Gasteiger partial charge is 0.495 e. The number of hydrogen-bond acceptors (Lipinski definition) is 7. The summed E-state index contributed by atoms with van der Waals surface area (Å²) >= 11 is 0.974. The first-order chi connectivity index (χ1) is 13.3. The minimum Gasteiger partial charge on any atom is -0.495 e. The number of thiophene rings is 1. The average molecular weight is 427 g/mol. The number of benzene rings is 1. The summed E-state index contributed by atoms with van der Waals surface area (Å²) in [4.78, 5) is 24.2. The number of methoxy groups -OCH3 is 2. The second-order valence-corrected chi connectivity index (χ2v) is 8.52. The van der Waals surface area contributed by atoms with Crippen molar-refractivity contribution in [2.45, 2.75) is 18.2 Å². The van der Waals surface area contributed by atoms with Gasteiger partial charge in [-0.05, 0) is 30.0 Å². The van der Waals surface area contributed by atoms with Crippen LogP contribution in [-0.2, 0) is 19.6 Å². The standard InChI is InChI=1S/C18H22N2O6S2/c1-4-10-20(12-16(21)19-13-7-5-6-8-14(13)25-2)28(23,24)15-9-11-27-17(15)18(22)26-3/h5-9,11H,4,10,12H2,1-3H3,(H,19,21). The second kappa shape index (κ2) is 9.67. The molecule has 152 valence electrons. The summed E-state index contributed by atoms with van der Waals surface area (Å²) in [5.74, 6) is -0.786. The summed E-state index contributed by atoms with van der Waals surface area (Å²) in [6.45, 7) is 1.53. The molecular formula is C18H22N2O6S2. The number of hydrogen-bond donors (Lipinski definition) is 1. The Hall–Kier alpha value is -2.43. The first kappa shape index (κ1) is 21.9. The molecule has 8 nitrogen and oxygen atoms in total. The number of nitrogens with one attached hydrogen (secondary N) is 1. The van der Waals surface area contributed by atoms with Gasteiger partial charge in [0.15, 0.2) is 0 Å². The van der Waals surface area contributed by atoms with E-state index in [-0.39, 0.29) is 16.3 Å². The molecule has 2 rings (SSSR count). The molecule has 28 heavy (non-hydrogen) atoms. The van der Waals surface area contributed by atoms with Gasteiger partial charge in [-0.3, -0.25) is 4.79 Å². The Labute approximate surface area is 168 Å². The Morgan fingerprint density at radius 2 is 1.89 bits per heavy atom. The summed E-state index contributed by atoms with van der Waals surface area (Å²) in [5.41, 5.74) is 0.439. The minimum atomic E-state index is -4.06. The molecule has 1 aromatic carbocycles. The summed E-state index contributed by atoms with van der Waals surface area (Å²) in [5, 5.41) is 4.16. The molecular weight excluding hydrogens is 404 g/mol. The molecule has 0 fully saturated rings. The molecule has 0 spiro atoms. The van der Waals surface area contributed by atoms with Crippen molar-refractivity contribution < 1.29 is 27.5 Å². The topological polar surface area (TPSA) is 102 Å². The van der Waals surface area contributed by atoms with Gasteiger partial charge < -0.3 is 14.8 Å². The van der Waals surface area contributed by atoms with Crippen LogP contribution in [0.5, 0.6) is 5.75 Å². The maximum Gasteiger partial charge on any atom is 0.349 e. The first-order valence-electron chi connectivity index (χ1n) is 8.44. The molecule has 0 radical (unpaired) electrons. The van der Waals surface area contributed by atoms with Crippen molar-refractivity contribution in [3.8, 4) is 5.75 Å². The van der Waals surface area contributed by atoms with Crippen molar-refractivity contribution in [3.05, 3.63) is 40.6 Å². The van der Waals surface area contributed by atoms with Gasteiger partial charge in [0.05, 0.1) is 26.5 Å². The van der Waals surface area contributed by atoms with Crippen LogP contribution in [0.25, 0.3) is 0 Å². The normalized spacial score (nSPS) is 11.3.